The van der Waals surface area contributed by atoms with Gasteiger partial charge in [0.1, 0.15) is 5.65 Å². The Balaban J connectivity index is 1.09. The van der Waals surface area contributed by atoms with Gasteiger partial charge >= 0.3 is 0 Å². The molecule has 5 heteroatoms. The summed E-state index contributed by atoms with van der Waals surface area (Å²) in [6.45, 7) is 0. The molecular formula is C42H28N3OP. The largest absolute Gasteiger partial charge is 0.309 e. The summed E-state index contributed by atoms with van der Waals surface area (Å²) >= 11 is 0. The van der Waals surface area contributed by atoms with Crippen molar-refractivity contribution in [2.24, 2.45) is 0 Å². The molecule has 0 spiro atoms. The lowest BCUT2D eigenvalue weighted by molar-refractivity contribution is 0.592. The smallest absolute Gasteiger partial charge is 0.171 e. The number of rotatable bonds is 5. The fourth-order valence-electron chi connectivity index (χ4n) is 6.79. The fraction of sp³-hybridized carbons (Fsp3) is 0. The number of hydrogen-bond acceptors (Lipinski definition) is 3. The van der Waals surface area contributed by atoms with Gasteiger partial charge in [-0.1, -0.05) is 140 Å². The molecule has 4 nitrogen and oxygen atoms in total. The molecular weight excluding hydrogens is 593 g/mol. The Morgan fingerprint density at radius 3 is 1.72 bits per heavy atom. The molecule has 0 radical (unpaired) electrons. The number of pyridine rings is 2. The number of para-hydroxylation sites is 1. The first-order valence-corrected chi connectivity index (χ1v) is 17.4. The number of benzene rings is 6. The molecule has 0 bridgehead atoms. The Morgan fingerprint density at radius 1 is 0.468 bits per heavy atom. The molecule has 0 aliphatic rings. The van der Waals surface area contributed by atoms with Crippen LogP contribution in [0.1, 0.15) is 0 Å². The lowest BCUT2D eigenvalue weighted by Crippen LogP contribution is -2.24. The van der Waals surface area contributed by atoms with Gasteiger partial charge in [-0.3, -0.25) is 9.38 Å². The van der Waals surface area contributed by atoms with Crippen LogP contribution in [0.2, 0.25) is 0 Å². The minimum Gasteiger partial charge on any atom is -0.309 e. The van der Waals surface area contributed by atoms with E-state index >= 15 is 0 Å². The summed E-state index contributed by atoms with van der Waals surface area (Å²) in [5.74, 6) is 0. The Bertz CT molecular complexity index is 2590. The predicted molar refractivity (Wildman–Crippen MR) is 196 cm³/mol. The number of aromatic nitrogens is 3. The van der Waals surface area contributed by atoms with E-state index in [0.717, 1.165) is 65.9 Å². The Hall–Kier alpha value is -5.83. The topological polar surface area (TPSA) is 47.3 Å². The van der Waals surface area contributed by atoms with Crippen molar-refractivity contribution in [2.75, 3.05) is 0 Å². The average Bonchev–Trinajstić information content (AvgIpc) is 3.55. The first-order valence-electron chi connectivity index (χ1n) is 15.7. The van der Waals surface area contributed by atoms with Crippen LogP contribution in [0.4, 0.5) is 0 Å². The highest BCUT2D eigenvalue weighted by atomic mass is 31.2. The van der Waals surface area contributed by atoms with Gasteiger partial charge in [0.15, 0.2) is 7.14 Å². The standard InChI is InChI=1S/C42H28N3OP/c46-47(32-11-3-1-4-12-32,33-13-5-2-6-14-33)34-23-19-29(20-24-34)31-22-25-38(43-28-31)30-21-26-39-41(27-30)45-40-18-10-9-16-36(40)35-15-7-8-17-37(35)42(45)44-39/h1-28H. The van der Waals surface area contributed by atoms with Gasteiger partial charge in [0, 0.05) is 44.0 Å². The second-order valence-corrected chi connectivity index (χ2v) is 14.6. The molecule has 0 aliphatic heterocycles. The minimum absolute atomic E-state index is 0.810. The van der Waals surface area contributed by atoms with E-state index in [1.165, 1.54) is 10.8 Å². The summed E-state index contributed by atoms with van der Waals surface area (Å²) < 4.78 is 17.0. The number of imidazole rings is 1. The monoisotopic (exact) mass is 621 g/mol. The van der Waals surface area contributed by atoms with Crippen LogP contribution in [-0.4, -0.2) is 14.4 Å². The zero-order chi connectivity index (χ0) is 31.4. The minimum atomic E-state index is -3.02. The maximum Gasteiger partial charge on any atom is 0.171 e. The van der Waals surface area contributed by atoms with Gasteiger partial charge in [-0.15, -0.1) is 0 Å². The highest BCUT2D eigenvalue weighted by molar-refractivity contribution is 7.85. The highest BCUT2D eigenvalue weighted by Gasteiger charge is 2.29. The van der Waals surface area contributed by atoms with E-state index in [0.29, 0.717) is 0 Å². The molecule has 9 aromatic rings. The van der Waals surface area contributed by atoms with E-state index in [4.69, 9.17) is 9.97 Å². The quantitative estimate of drug-likeness (QED) is 0.142. The molecule has 0 saturated heterocycles. The van der Waals surface area contributed by atoms with E-state index in [2.05, 4.69) is 83.3 Å². The second-order valence-electron chi connectivity index (χ2n) is 11.8. The molecule has 0 N–H and O–H groups in total. The molecule has 0 saturated carbocycles. The molecule has 9 rings (SSSR count). The van der Waals surface area contributed by atoms with E-state index in [1.54, 1.807) is 0 Å². The first-order chi connectivity index (χ1) is 23.2. The van der Waals surface area contributed by atoms with Crippen LogP contribution in [0.5, 0.6) is 0 Å². The van der Waals surface area contributed by atoms with Gasteiger partial charge < -0.3 is 4.57 Å². The van der Waals surface area contributed by atoms with Crippen molar-refractivity contribution in [3.63, 3.8) is 0 Å². The summed E-state index contributed by atoms with van der Waals surface area (Å²) in [7, 11) is -3.02. The Morgan fingerprint density at radius 2 is 1.04 bits per heavy atom. The zero-order valence-corrected chi connectivity index (χ0v) is 26.3. The molecule has 222 valence electrons. The van der Waals surface area contributed by atoms with Crippen molar-refractivity contribution in [3.8, 4) is 22.4 Å². The summed E-state index contributed by atoms with van der Waals surface area (Å²) in [5.41, 5.74) is 8.06. The van der Waals surface area contributed by atoms with Crippen molar-refractivity contribution in [1.82, 2.24) is 14.4 Å². The van der Waals surface area contributed by atoms with E-state index in [1.807, 2.05) is 91.1 Å². The van der Waals surface area contributed by atoms with Crippen molar-refractivity contribution in [2.45, 2.75) is 0 Å². The number of nitrogens with zero attached hydrogens (tertiary/aromatic N) is 3. The van der Waals surface area contributed by atoms with Crippen molar-refractivity contribution >= 4 is 61.4 Å². The third-order valence-electron chi connectivity index (χ3n) is 9.12. The van der Waals surface area contributed by atoms with Crippen molar-refractivity contribution < 1.29 is 4.57 Å². The van der Waals surface area contributed by atoms with Gasteiger partial charge in [0.05, 0.1) is 22.2 Å². The third kappa shape index (κ3) is 4.41. The molecule has 6 aromatic carbocycles. The van der Waals surface area contributed by atoms with E-state index in [-0.39, 0.29) is 0 Å². The SMILES string of the molecule is O=P(c1ccccc1)(c1ccccc1)c1ccc(-c2ccc(-c3ccc4nc5c6ccccc6c6ccccc6n5c4c3)nc2)cc1. The van der Waals surface area contributed by atoms with E-state index in [9.17, 15) is 4.57 Å². The maximum atomic E-state index is 14.7. The summed E-state index contributed by atoms with van der Waals surface area (Å²) in [6.07, 6.45) is 1.92. The lowest BCUT2D eigenvalue weighted by Gasteiger charge is -2.20. The number of fused-ring (bicyclic) bond motifs is 8. The third-order valence-corrected chi connectivity index (χ3v) is 12.2. The normalized spacial score (nSPS) is 11.9. The van der Waals surface area contributed by atoms with Crippen LogP contribution >= 0.6 is 7.14 Å². The predicted octanol–water partition coefficient (Wildman–Crippen LogP) is 9.16. The van der Waals surface area contributed by atoms with Gasteiger partial charge in [-0.25, -0.2) is 4.98 Å². The molecule has 0 unspecified atom stereocenters. The molecule has 0 aliphatic carbocycles. The van der Waals surface area contributed by atoms with Gasteiger partial charge in [-0.05, 0) is 35.2 Å². The fourth-order valence-corrected chi connectivity index (χ4v) is 9.44. The number of hydrogen-bond donors (Lipinski definition) is 0. The van der Waals surface area contributed by atoms with E-state index < -0.39 is 7.14 Å². The zero-order valence-electron chi connectivity index (χ0n) is 25.4. The van der Waals surface area contributed by atoms with Crippen LogP contribution in [0.25, 0.3) is 60.7 Å². The maximum absolute atomic E-state index is 14.7. The highest BCUT2D eigenvalue weighted by Crippen LogP contribution is 2.42. The molecule has 3 aromatic heterocycles. The van der Waals surface area contributed by atoms with Crippen LogP contribution in [0.3, 0.4) is 0 Å². The molecule has 0 fully saturated rings. The summed E-state index contributed by atoms with van der Waals surface area (Å²) in [5, 5.41) is 6.02. The Kier molecular flexibility index (Phi) is 6.38. The summed E-state index contributed by atoms with van der Waals surface area (Å²) in [4.78, 5) is 9.96. The van der Waals surface area contributed by atoms with Crippen LogP contribution in [-0.2, 0) is 4.57 Å². The van der Waals surface area contributed by atoms with Gasteiger partial charge in [0.25, 0.3) is 0 Å². The van der Waals surface area contributed by atoms with Gasteiger partial charge in [-0.2, -0.15) is 0 Å². The molecule has 0 amide bonds. The first kappa shape index (κ1) is 27.5. The molecule has 0 atom stereocenters. The van der Waals surface area contributed by atoms with Crippen LogP contribution in [0, 0.1) is 0 Å². The molecule has 3 heterocycles. The second kappa shape index (κ2) is 10.9. The average molecular weight is 622 g/mol. The van der Waals surface area contributed by atoms with Crippen molar-refractivity contribution in [1.29, 1.82) is 0 Å². The summed E-state index contributed by atoms with van der Waals surface area (Å²) in [6, 6.07) is 55.2. The van der Waals surface area contributed by atoms with Gasteiger partial charge in [0.2, 0.25) is 0 Å². The lowest BCUT2D eigenvalue weighted by atomic mass is 10.1. The van der Waals surface area contributed by atoms with Crippen LogP contribution < -0.4 is 15.9 Å². The van der Waals surface area contributed by atoms with Crippen molar-refractivity contribution in [3.05, 3.63) is 170 Å². The molecule has 47 heavy (non-hydrogen) atoms. The van der Waals surface area contributed by atoms with Crippen LogP contribution in [0.15, 0.2) is 170 Å². The Labute approximate surface area is 272 Å².